The van der Waals surface area contributed by atoms with Crippen molar-refractivity contribution in [2.24, 2.45) is 0 Å². The van der Waals surface area contributed by atoms with Crippen LogP contribution >= 0.6 is 47.0 Å². The van der Waals surface area contributed by atoms with Crippen molar-refractivity contribution in [3.05, 3.63) is 28.3 Å². The van der Waals surface area contributed by atoms with E-state index in [0.717, 1.165) is 0 Å². The van der Waals surface area contributed by atoms with Gasteiger partial charge in [0.1, 0.15) is 11.9 Å². The van der Waals surface area contributed by atoms with E-state index in [4.69, 9.17) is 51.8 Å². The number of carbonyl (C=O) groups excluding carboxylic acids is 1. The lowest BCUT2D eigenvalue weighted by molar-refractivity contribution is -0.384. The van der Waals surface area contributed by atoms with E-state index in [-0.39, 0.29) is 16.5 Å². The van der Waals surface area contributed by atoms with Crippen molar-refractivity contribution in [2.75, 3.05) is 12.4 Å². The van der Waals surface area contributed by atoms with Gasteiger partial charge in [-0.05, 0) is 18.3 Å². The number of methoxy groups -OCH3 is 1. The molecule has 126 valence electrons. The van der Waals surface area contributed by atoms with Crippen LogP contribution in [0.1, 0.15) is 0 Å². The number of benzene rings is 1. The fourth-order valence-electron chi connectivity index (χ4n) is 1.47. The monoisotopic (exact) mass is 400 g/mol. The lowest BCUT2D eigenvalue weighted by atomic mass is 10.2. The van der Waals surface area contributed by atoms with Crippen LogP contribution in [0.25, 0.3) is 0 Å². The molecule has 0 unspecified atom stereocenters. The van der Waals surface area contributed by atoms with E-state index in [0.29, 0.717) is 12.1 Å². The second-order valence-corrected chi connectivity index (χ2v) is 6.78. The summed E-state index contributed by atoms with van der Waals surface area (Å²) in [5.74, 6) is 0.192. The number of nitrogens with zero attached hydrogens (tertiary/aromatic N) is 1. The van der Waals surface area contributed by atoms with E-state index in [1.54, 1.807) is 0 Å². The molecule has 0 aliphatic carbocycles. The van der Waals surface area contributed by atoms with E-state index < -0.39 is 14.9 Å². The van der Waals surface area contributed by atoms with Crippen LogP contribution in [0, 0.1) is 10.1 Å². The number of anilines is 1. The number of halogens is 3. The van der Waals surface area contributed by atoms with Gasteiger partial charge in [-0.1, -0.05) is 34.8 Å². The summed E-state index contributed by atoms with van der Waals surface area (Å²) in [6.45, 7) is 0. The smallest absolute Gasteiger partial charge is 0.273 e. The molecule has 0 saturated carbocycles. The van der Waals surface area contributed by atoms with Crippen molar-refractivity contribution in [3.8, 4) is 5.75 Å². The highest BCUT2D eigenvalue weighted by Gasteiger charge is 2.33. The zero-order valence-electron chi connectivity index (χ0n) is 11.5. The van der Waals surface area contributed by atoms with Crippen LogP contribution in [0.15, 0.2) is 18.2 Å². The maximum absolute atomic E-state index is 10.7. The Kier molecular flexibility index (Phi) is 7.07. The maximum Gasteiger partial charge on any atom is 0.273 e. The largest absolute Gasteiger partial charge is 0.494 e. The molecular formula is C11H11Cl3N4O4S. The average molecular weight is 402 g/mol. The Morgan fingerprint density at radius 1 is 1.48 bits per heavy atom. The number of non-ortho nitro benzene ring substituents is 1. The van der Waals surface area contributed by atoms with Crippen LogP contribution in [-0.2, 0) is 4.79 Å². The van der Waals surface area contributed by atoms with Crippen molar-refractivity contribution < 1.29 is 14.5 Å². The number of rotatable bonds is 6. The van der Waals surface area contributed by atoms with Gasteiger partial charge in [0.15, 0.2) is 5.11 Å². The lowest BCUT2D eigenvalue weighted by Crippen LogP contribution is -2.53. The van der Waals surface area contributed by atoms with Gasteiger partial charge < -0.3 is 20.7 Å². The minimum absolute atomic E-state index is 0.00262. The average Bonchev–Trinajstić information content (AvgIpc) is 2.46. The maximum atomic E-state index is 10.7. The third kappa shape index (κ3) is 5.87. The predicted octanol–water partition coefficient (Wildman–Crippen LogP) is 2.33. The first-order valence-electron chi connectivity index (χ1n) is 5.85. The molecule has 0 heterocycles. The normalized spacial score (nSPS) is 12.0. The number of alkyl halides is 3. The molecule has 1 atom stereocenters. The molecule has 3 N–H and O–H groups in total. The van der Waals surface area contributed by atoms with Gasteiger partial charge >= 0.3 is 0 Å². The molecule has 0 bridgehead atoms. The summed E-state index contributed by atoms with van der Waals surface area (Å²) < 4.78 is 3.20. The number of amides is 1. The highest BCUT2D eigenvalue weighted by molar-refractivity contribution is 7.80. The van der Waals surface area contributed by atoms with Crippen molar-refractivity contribution in [1.29, 1.82) is 0 Å². The van der Waals surface area contributed by atoms with Crippen molar-refractivity contribution in [1.82, 2.24) is 10.6 Å². The number of ether oxygens (including phenoxy) is 1. The number of hydrogen-bond acceptors (Lipinski definition) is 5. The Morgan fingerprint density at radius 2 is 2.13 bits per heavy atom. The quantitative estimate of drug-likeness (QED) is 0.168. The van der Waals surface area contributed by atoms with Gasteiger partial charge in [0.05, 0.1) is 23.8 Å². The molecule has 0 radical (unpaired) electrons. The van der Waals surface area contributed by atoms with Gasteiger partial charge in [-0.2, -0.15) is 0 Å². The van der Waals surface area contributed by atoms with E-state index >= 15 is 0 Å². The van der Waals surface area contributed by atoms with Gasteiger partial charge in [0, 0.05) is 6.07 Å². The summed E-state index contributed by atoms with van der Waals surface area (Å²) in [6.07, 6.45) is -0.747. The van der Waals surface area contributed by atoms with Crippen molar-refractivity contribution in [2.45, 2.75) is 9.96 Å². The fourth-order valence-corrected chi connectivity index (χ4v) is 2.05. The first kappa shape index (κ1) is 19.5. The Balaban J connectivity index is 2.88. The Morgan fingerprint density at radius 3 is 2.61 bits per heavy atom. The lowest BCUT2D eigenvalue weighted by Gasteiger charge is -2.26. The number of carbonyl (C=O) groups is 1. The second kappa shape index (κ2) is 8.34. The van der Waals surface area contributed by atoms with E-state index in [9.17, 15) is 14.9 Å². The molecular weight excluding hydrogens is 391 g/mol. The molecule has 0 aromatic heterocycles. The van der Waals surface area contributed by atoms with Gasteiger partial charge in [-0.15, -0.1) is 0 Å². The van der Waals surface area contributed by atoms with Crippen LogP contribution in [0.4, 0.5) is 11.4 Å². The third-order valence-electron chi connectivity index (χ3n) is 2.48. The number of nitrogens with one attached hydrogen (secondary N) is 3. The molecule has 0 aliphatic rings. The minimum atomic E-state index is -1.85. The molecule has 1 aromatic carbocycles. The number of thiocarbonyl (C=S) groups is 1. The summed E-state index contributed by atoms with van der Waals surface area (Å²) in [7, 11) is 1.35. The Labute approximate surface area is 151 Å². The Hall–Kier alpha value is -1.55. The number of nitro benzene ring substituents is 1. The van der Waals surface area contributed by atoms with Crippen LogP contribution < -0.4 is 20.7 Å². The van der Waals surface area contributed by atoms with Gasteiger partial charge in [-0.25, -0.2) is 0 Å². The predicted molar refractivity (Wildman–Crippen MR) is 92.3 cm³/mol. The summed E-state index contributed by atoms with van der Waals surface area (Å²) in [4.78, 5) is 20.7. The summed E-state index contributed by atoms with van der Waals surface area (Å²) in [6, 6.07) is 3.90. The molecule has 23 heavy (non-hydrogen) atoms. The zero-order valence-corrected chi connectivity index (χ0v) is 14.6. The molecule has 0 saturated heterocycles. The summed E-state index contributed by atoms with van der Waals surface area (Å²) in [5, 5.41) is 18.3. The van der Waals surface area contributed by atoms with Gasteiger partial charge in [0.2, 0.25) is 10.2 Å². The molecule has 1 amide bonds. The third-order valence-corrected chi connectivity index (χ3v) is 3.36. The molecule has 0 spiro atoms. The summed E-state index contributed by atoms with van der Waals surface area (Å²) in [5.41, 5.74) is 0.206. The molecule has 0 fully saturated rings. The molecule has 1 rings (SSSR count). The second-order valence-electron chi connectivity index (χ2n) is 4.00. The molecule has 0 aliphatic heterocycles. The summed E-state index contributed by atoms with van der Waals surface area (Å²) >= 11 is 22.1. The molecule has 8 nitrogen and oxygen atoms in total. The van der Waals surface area contributed by atoms with Gasteiger partial charge in [-0.3, -0.25) is 14.9 Å². The number of nitro groups is 1. The SMILES string of the molecule is COc1cc([N+](=O)[O-])ccc1NC(=S)N[C@@H](NC=O)C(Cl)(Cl)Cl. The van der Waals surface area contributed by atoms with Crippen molar-refractivity contribution in [3.63, 3.8) is 0 Å². The van der Waals surface area contributed by atoms with Gasteiger partial charge in [0.25, 0.3) is 5.69 Å². The van der Waals surface area contributed by atoms with Crippen LogP contribution in [0.2, 0.25) is 0 Å². The molecule has 1 aromatic rings. The van der Waals surface area contributed by atoms with E-state index in [1.165, 1.54) is 25.3 Å². The van der Waals surface area contributed by atoms with Crippen molar-refractivity contribution >= 4 is 69.9 Å². The molecule has 12 heteroatoms. The highest BCUT2D eigenvalue weighted by atomic mass is 35.6. The standard InChI is InChI=1S/C11H11Cl3N4O4S/c1-22-8-4-6(18(20)21)2-3-7(8)16-10(23)17-9(15-5-19)11(12,13)14/h2-5,9H,1H3,(H,15,19)(H2,16,17,23)/t9-/m1/s1. The minimum Gasteiger partial charge on any atom is -0.494 e. The first-order valence-corrected chi connectivity index (χ1v) is 7.39. The first-order chi connectivity index (χ1) is 10.7. The highest BCUT2D eigenvalue weighted by Crippen LogP contribution is 2.30. The van der Waals surface area contributed by atoms with E-state index in [1.807, 2.05) is 0 Å². The van der Waals surface area contributed by atoms with Crippen LogP contribution in [-0.4, -0.2) is 33.5 Å². The Bertz CT molecular complexity index is 611. The fraction of sp³-hybridized carbons (Fsp3) is 0.273. The topological polar surface area (TPSA) is 106 Å². The van der Waals surface area contributed by atoms with E-state index in [2.05, 4.69) is 16.0 Å². The zero-order chi connectivity index (χ0) is 17.6. The van der Waals surface area contributed by atoms with Crippen LogP contribution in [0.3, 0.4) is 0 Å². The van der Waals surface area contributed by atoms with Crippen LogP contribution in [0.5, 0.6) is 5.75 Å². The number of hydrogen-bond donors (Lipinski definition) is 3.